The fraction of sp³-hybridized carbons (Fsp3) is 0. The minimum absolute atomic E-state index is 0. The van der Waals surface area contributed by atoms with Crippen molar-refractivity contribution in [3.05, 3.63) is 0 Å². The predicted molar refractivity (Wildman–Crippen MR) is 56.7 cm³/mol. The van der Waals surface area contributed by atoms with Gasteiger partial charge in [0.05, 0.1) is 7.32 Å². The fourth-order valence-corrected chi connectivity index (χ4v) is 0. The second kappa shape index (κ2) is 38.4. The smallest absolute Gasteiger partial charge is 0.907 e. The molecule has 0 aliphatic carbocycles. The maximum atomic E-state index is 8.53. The fourth-order valence-electron chi connectivity index (χ4n) is 0. The Balaban J connectivity index is -0.0000000250. The topological polar surface area (TPSA) is 318 Å². The molecule has 0 aliphatic heterocycles. The van der Waals surface area contributed by atoms with Crippen LogP contribution in [0.25, 0.3) is 0 Å². The summed E-state index contributed by atoms with van der Waals surface area (Å²) in [4.78, 5) is 0. The summed E-state index contributed by atoms with van der Waals surface area (Å²) in [5, 5.41) is 114. The molecule has 0 rings (SSSR count). The van der Waals surface area contributed by atoms with Crippen molar-refractivity contribution in [3.63, 3.8) is 0 Å². The first-order valence-electron chi connectivity index (χ1n) is 3.76. The van der Waals surface area contributed by atoms with Crippen LogP contribution < -0.4 is 25.1 Å². The van der Waals surface area contributed by atoms with Gasteiger partial charge in [0.25, 0.3) is 0 Å². The van der Waals surface area contributed by atoms with E-state index in [-0.39, 0.29) is 64.8 Å². The van der Waals surface area contributed by atoms with Crippen molar-refractivity contribution in [1.29, 1.82) is 0 Å². The van der Waals surface area contributed by atoms with Crippen molar-refractivity contribution in [2.45, 2.75) is 0 Å². The molecule has 0 saturated heterocycles. The van der Waals surface area contributed by atoms with Crippen LogP contribution in [-0.2, 0) is 0 Å². The third kappa shape index (κ3) is 2730. The summed E-state index contributed by atoms with van der Waals surface area (Å²) < 4.78 is 0. The van der Waals surface area contributed by atoms with Crippen LogP contribution in [0.1, 0.15) is 0 Å². The van der Waals surface area contributed by atoms with E-state index in [4.69, 9.17) is 75.4 Å². The van der Waals surface area contributed by atoms with E-state index in [1.807, 2.05) is 0 Å². The molecule has 15 nitrogen and oxygen atoms in total. The third-order valence-electron chi connectivity index (χ3n) is 0. The number of hydrogen-bond donors (Lipinski definition) is 10. The van der Waals surface area contributed by atoms with Crippen LogP contribution in [0.5, 0.6) is 0 Å². The molecule has 0 atom stereocenters. The molecule has 121 valence electrons. The minimum Gasteiger partial charge on any atom is -0.907 e. The van der Waals surface area contributed by atoms with E-state index in [0.717, 1.165) is 0 Å². The Hall–Kier alpha value is 1.87. The normalized spacial score (nSPS) is 6.14. The zero-order valence-corrected chi connectivity index (χ0v) is 15.2. The van der Waals surface area contributed by atoms with Gasteiger partial charge in [-0.05, 0) is 0 Å². The zero-order valence-electron chi connectivity index (χ0n) is 10.6. The molecule has 0 aromatic carbocycles. The average Bonchev–Trinajstić information content (AvgIpc) is 1.94. The molecule has 10 N–H and O–H groups in total. The van der Waals surface area contributed by atoms with Crippen LogP contribution in [0.2, 0.25) is 0 Å². The quantitative estimate of drug-likeness (QED) is 0.147. The summed E-state index contributed by atoms with van der Waals surface area (Å²) >= 11 is 0. The zero-order chi connectivity index (χ0) is 17.9. The van der Waals surface area contributed by atoms with E-state index in [1.165, 1.54) is 0 Å². The molecular weight excluding hydrogens is 458 g/mol. The van der Waals surface area contributed by atoms with Crippen molar-refractivity contribution >= 4 is 59.7 Å². The van der Waals surface area contributed by atoms with Crippen LogP contribution in [0.3, 0.4) is 0 Å². The van der Waals surface area contributed by atoms with E-state index in [9.17, 15) is 0 Å². The Bertz CT molecular complexity index is 86.5. The van der Waals surface area contributed by atoms with Gasteiger partial charge in [-0.1, -0.05) is 0 Å². The third-order valence-corrected chi connectivity index (χ3v) is 0. The van der Waals surface area contributed by atoms with Crippen molar-refractivity contribution in [2.75, 3.05) is 0 Å². The molecule has 0 aliphatic rings. The summed E-state index contributed by atoms with van der Waals surface area (Å²) in [6.45, 7) is 0. The molecular formula is H10B5CeMgO15. The Morgan fingerprint density at radius 2 is 0.455 bits per heavy atom. The van der Waals surface area contributed by atoms with Crippen molar-refractivity contribution < 1.29 is 117 Å². The largest absolute Gasteiger partial charge is 3.00 e. The Morgan fingerprint density at radius 3 is 0.455 bits per heavy atom. The Morgan fingerprint density at radius 1 is 0.455 bits per heavy atom. The van der Waals surface area contributed by atoms with E-state index < -0.39 is 36.6 Å². The second-order valence-electron chi connectivity index (χ2n) is 1.63. The number of hydrogen-bond acceptors (Lipinski definition) is 15. The van der Waals surface area contributed by atoms with Gasteiger partial charge in [0.1, 0.15) is 0 Å². The monoisotopic (exact) mass is 469 g/mol. The van der Waals surface area contributed by atoms with Gasteiger partial charge in [-0.3, -0.25) is 7.32 Å². The van der Waals surface area contributed by atoms with Gasteiger partial charge >= 0.3 is 86.8 Å². The van der Waals surface area contributed by atoms with E-state index in [0.29, 0.717) is 0 Å². The van der Waals surface area contributed by atoms with Crippen LogP contribution in [0, 0.1) is 41.7 Å². The predicted octanol–water partition coefficient (Wildman–Crippen LogP) is -13.8. The molecule has 0 bridgehead atoms. The van der Waals surface area contributed by atoms with E-state index in [2.05, 4.69) is 0 Å². The van der Waals surface area contributed by atoms with Gasteiger partial charge in [0.15, 0.2) is 0 Å². The van der Waals surface area contributed by atoms with Crippen molar-refractivity contribution in [1.82, 2.24) is 0 Å². The molecule has 22 heavy (non-hydrogen) atoms. The molecule has 0 heterocycles. The molecule has 0 amide bonds. The Labute approximate surface area is 175 Å². The molecule has 0 aromatic rings. The summed E-state index contributed by atoms with van der Waals surface area (Å²) in [6.07, 6.45) is 0. The van der Waals surface area contributed by atoms with Crippen molar-refractivity contribution in [2.24, 2.45) is 0 Å². The van der Waals surface area contributed by atoms with Gasteiger partial charge < -0.3 is 75.4 Å². The van der Waals surface area contributed by atoms with Crippen molar-refractivity contribution in [3.8, 4) is 0 Å². The van der Waals surface area contributed by atoms with Crippen LogP contribution in [-0.4, -0.2) is 110 Å². The molecule has 0 aromatic heterocycles. The van der Waals surface area contributed by atoms with Crippen LogP contribution in [0.4, 0.5) is 0 Å². The maximum Gasteiger partial charge on any atom is 3.00 e. The van der Waals surface area contributed by atoms with Gasteiger partial charge in [0, 0.05) is 0 Å². The molecule has 0 spiro atoms. The molecule has 22 heteroatoms. The molecule has 0 saturated carbocycles. The SMILES string of the molecule is OB(O)O.OB(O)O.OB(O)O.[Ce+3].[Mg+2].[O-]B([O-])O.[O-]B([O-])[O-]. The Kier molecular flexibility index (Phi) is 76.6. The minimum atomic E-state index is -2.92. The van der Waals surface area contributed by atoms with E-state index in [1.54, 1.807) is 0 Å². The average molecular weight is 469 g/mol. The summed E-state index contributed by atoms with van der Waals surface area (Å²) in [5.74, 6) is 0. The van der Waals surface area contributed by atoms with E-state index >= 15 is 0 Å². The van der Waals surface area contributed by atoms with Gasteiger partial charge in [-0.2, -0.15) is 0 Å². The maximum absolute atomic E-state index is 8.53. The second-order valence-corrected chi connectivity index (χ2v) is 1.63. The van der Waals surface area contributed by atoms with Gasteiger partial charge in [0.2, 0.25) is 0 Å². The first-order chi connectivity index (χ1) is 8.66. The molecule has 0 unspecified atom stereocenters. The summed E-state index contributed by atoms with van der Waals surface area (Å²) in [6, 6.07) is 0. The molecule has 1 radical (unpaired) electrons. The first kappa shape index (κ1) is 43.9. The summed E-state index contributed by atoms with van der Waals surface area (Å²) in [7, 11) is -12.1. The number of rotatable bonds is 0. The standard InChI is InChI=1S/3BH3O3.BHO3.BO3.Ce.Mg/c5*2-1(3)4;;/h3*2-4H;2H;;;/q;;;-2;-3;+3;+2. The van der Waals surface area contributed by atoms with Gasteiger partial charge in [-0.15, -0.1) is 0 Å². The van der Waals surface area contributed by atoms with Gasteiger partial charge in [-0.25, -0.2) is 0 Å². The first-order valence-corrected chi connectivity index (χ1v) is 3.76. The van der Waals surface area contributed by atoms with Crippen LogP contribution in [0.15, 0.2) is 0 Å². The van der Waals surface area contributed by atoms with Crippen LogP contribution >= 0.6 is 0 Å². The molecule has 0 fully saturated rings. The summed E-state index contributed by atoms with van der Waals surface area (Å²) in [5.41, 5.74) is 0.